The number of non-ortho nitro benzene ring substituents is 1. The number of rotatable bonds is 9. The average molecular weight is 419 g/mol. The first-order chi connectivity index (χ1) is 13.9. The highest BCUT2D eigenvalue weighted by molar-refractivity contribution is 7.80. The molecule has 2 aromatic rings. The van der Waals surface area contributed by atoms with Gasteiger partial charge in [0.2, 0.25) is 0 Å². The second-order valence-corrected chi connectivity index (χ2v) is 6.67. The number of nitro groups is 1. The number of ether oxygens (including phenoxy) is 1. The van der Waals surface area contributed by atoms with Crippen LogP contribution in [0, 0.1) is 15.9 Å². The molecule has 2 aromatic carbocycles. The number of halogens is 1. The molecule has 1 amide bonds. The third-order valence-electron chi connectivity index (χ3n) is 4.02. The number of carbonyl (C=O) groups excluding carboxylic acids is 1. The van der Waals surface area contributed by atoms with Crippen molar-refractivity contribution in [2.24, 2.45) is 0 Å². The van der Waals surface area contributed by atoms with E-state index in [1.165, 1.54) is 6.42 Å². The zero-order valence-corrected chi connectivity index (χ0v) is 16.8. The molecule has 0 aliphatic carbocycles. The summed E-state index contributed by atoms with van der Waals surface area (Å²) in [5.74, 6) is -0.562. The Morgan fingerprint density at radius 2 is 1.90 bits per heavy atom. The van der Waals surface area contributed by atoms with Crippen LogP contribution >= 0.6 is 12.2 Å². The van der Waals surface area contributed by atoms with E-state index in [1.54, 1.807) is 24.3 Å². The highest BCUT2D eigenvalue weighted by atomic mass is 32.1. The number of nitro benzene ring substituents is 1. The lowest BCUT2D eigenvalue weighted by atomic mass is 10.2. The fraction of sp³-hybridized carbons (Fsp3) is 0.300. The van der Waals surface area contributed by atoms with Gasteiger partial charge in [-0.3, -0.25) is 20.2 Å². The van der Waals surface area contributed by atoms with Gasteiger partial charge in [0.15, 0.2) is 5.11 Å². The van der Waals surface area contributed by atoms with Gasteiger partial charge in [0.1, 0.15) is 11.6 Å². The van der Waals surface area contributed by atoms with Gasteiger partial charge in [-0.1, -0.05) is 26.2 Å². The van der Waals surface area contributed by atoms with Gasteiger partial charge < -0.3 is 10.1 Å². The number of anilines is 1. The van der Waals surface area contributed by atoms with Crippen LogP contribution < -0.4 is 15.4 Å². The van der Waals surface area contributed by atoms with Crippen LogP contribution in [0.3, 0.4) is 0 Å². The van der Waals surface area contributed by atoms with Crippen LogP contribution in [0.4, 0.5) is 15.8 Å². The number of benzene rings is 2. The molecule has 0 unspecified atom stereocenters. The van der Waals surface area contributed by atoms with Crippen molar-refractivity contribution < 1.29 is 18.8 Å². The summed E-state index contributed by atoms with van der Waals surface area (Å²) in [5, 5.41) is 15.5. The number of hydrogen-bond acceptors (Lipinski definition) is 5. The fourth-order valence-corrected chi connectivity index (χ4v) is 2.68. The SMILES string of the molecule is CCCCCCOc1ccc(C(=O)NC(=S)Nc2cc([N+](=O)[O-])ccc2F)cc1. The lowest BCUT2D eigenvalue weighted by Crippen LogP contribution is -2.34. The number of thiocarbonyl (C=S) groups is 1. The minimum atomic E-state index is -0.729. The molecule has 154 valence electrons. The van der Waals surface area contributed by atoms with Crippen LogP contribution in [0.2, 0.25) is 0 Å². The normalized spacial score (nSPS) is 10.3. The number of unbranched alkanes of at least 4 members (excludes halogenated alkanes) is 3. The molecular formula is C20H22FN3O4S. The maximum atomic E-state index is 13.8. The van der Waals surface area contributed by atoms with Crippen LogP contribution in [0.5, 0.6) is 5.75 Å². The number of nitrogens with one attached hydrogen (secondary N) is 2. The van der Waals surface area contributed by atoms with E-state index in [-0.39, 0.29) is 16.5 Å². The third kappa shape index (κ3) is 7.11. The summed E-state index contributed by atoms with van der Waals surface area (Å²) in [4.78, 5) is 22.4. The van der Waals surface area contributed by atoms with Crippen molar-refractivity contribution in [2.45, 2.75) is 32.6 Å². The van der Waals surface area contributed by atoms with Gasteiger partial charge in [0, 0.05) is 17.7 Å². The molecule has 0 radical (unpaired) electrons. The van der Waals surface area contributed by atoms with Crippen molar-refractivity contribution in [3.05, 3.63) is 64.0 Å². The largest absolute Gasteiger partial charge is 0.494 e. The monoisotopic (exact) mass is 419 g/mol. The smallest absolute Gasteiger partial charge is 0.271 e. The van der Waals surface area contributed by atoms with Crippen LogP contribution in [0.1, 0.15) is 43.0 Å². The molecule has 0 atom stereocenters. The van der Waals surface area contributed by atoms with E-state index in [1.807, 2.05) is 0 Å². The first-order valence-electron chi connectivity index (χ1n) is 9.20. The van der Waals surface area contributed by atoms with Crippen molar-refractivity contribution in [3.63, 3.8) is 0 Å². The minimum absolute atomic E-state index is 0.175. The maximum Gasteiger partial charge on any atom is 0.271 e. The summed E-state index contributed by atoms with van der Waals surface area (Å²) in [7, 11) is 0. The Morgan fingerprint density at radius 3 is 2.55 bits per heavy atom. The quantitative estimate of drug-likeness (QED) is 0.262. The Morgan fingerprint density at radius 1 is 1.17 bits per heavy atom. The molecule has 0 saturated carbocycles. The zero-order valence-electron chi connectivity index (χ0n) is 15.9. The Hall–Kier alpha value is -3.07. The molecule has 7 nitrogen and oxygen atoms in total. The van der Waals surface area contributed by atoms with Crippen LogP contribution in [0.25, 0.3) is 0 Å². The van der Waals surface area contributed by atoms with Crippen molar-refractivity contribution >= 4 is 34.6 Å². The lowest BCUT2D eigenvalue weighted by molar-refractivity contribution is -0.384. The van der Waals surface area contributed by atoms with Gasteiger partial charge in [-0.15, -0.1) is 0 Å². The number of hydrogen-bond donors (Lipinski definition) is 2. The molecule has 0 fully saturated rings. The molecule has 0 aromatic heterocycles. The second kappa shape index (κ2) is 11.1. The number of carbonyl (C=O) groups is 1. The van der Waals surface area contributed by atoms with Crippen LogP contribution in [0.15, 0.2) is 42.5 Å². The van der Waals surface area contributed by atoms with Gasteiger partial charge in [0.25, 0.3) is 11.6 Å². The number of nitrogens with zero attached hydrogens (tertiary/aromatic N) is 1. The molecule has 0 bridgehead atoms. The first kappa shape index (κ1) is 22.2. The van der Waals surface area contributed by atoms with E-state index in [4.69, 9.17) is 17.0 Å². The van der Waals surface area contributed by atoms with Crippen molar-refractivity contribution in [1.29, 1.82) is 0 Å². The molecule has 2 N–H and O–H groups in total. The summed E-state index contributed by atoms with van der Waals surface area (Å²) < 4.78 is 19.4. The Bertz CT molecular complexity index is 875. The Kier molecular flexibility index (Phi) is 8.47. The van der Waals surface area contributed by atoms with Gasteiger partial charge in [0.05, 0.1) is 17.2 Å². The van der Waals surface area contributed by atoms with E-state index in [9.17, 15) is 19.3 Å². The van der Waals surface area contributed by atoms with Crippen molar-refractivity contribution in [2.75, 3.05) is 11.9 Å². The van der Waals surface area contributed by atoms with E-state index in [0.29, 0.717) is 17.9 Å². The zero-order chi connectivity index (χ0) is 21.2. The Balaban J connectivity index is 1.89. The summed E-state index contributed by atoms with van der Waals surface area (Å²) in [6, 6.07) is 9.54. The predicted octanol–water partition coefficient (Wildman–Crippen LogP) is 4.82. The standard InChI is InChI=1S/C20H22FN3O4S/c1-2-3-4-5-12-28-16-9-6-14(7-10-16)19(25)23-20(29)22-18-13-15(24(26)27)8-11-17(18)21/h6-11,13H,2-5,12H2,1H3,(H2,22,23,25,29). The molecular weight excluding hydrogens is 397 g/mol. The first-order valence-corrected chi connectivity index (χ1v) is 9.60. The fourth-order valence-electron chi connectivity index (χ4n) is 2.47. The summed E-state index contributed by atoms with van der Waals surface area (Å²) in [6.07, 6.45) is 4.43. The highest BCUT2D eigenvalue weighted by Gasteiger charge is 2.13. The summed E-state index contributed by atoms with van der Waals surface area (Å²) in [5.41, 5.74) is -0.156. The summed E-state index contributed by atoms with van der Waals surface area (Å²) in [6.45, 7) is 2.76. The topological polar surface area (TPSA) is 93.5 Å². The molecule has 9 heteroatoms. The number of amides is 1. The van der Waals surface area contributed by atoms with Crippen molar-refractivity contribution in [3.8, 4) is 5.75 Å². The van der Waals surface area contributed by atoms with Gasteiger partial charge in [-0.05, 0) is 49.0 Å². The van der Waals surface area contributed by atoms with Gasteiger partial charge in [-0.25, -0.2) is 4.39 Å². The third-order valence-corrected chi connectivity index (χ3v) is 4.22. The molecule has 29 heavy (non-hydrogen) atoms. The summed E-state index contributed by atoms with van der Waals surface area (Å²) >= 11 is 4.99. The van der Waals surface area contributed by atoms with E-state index in [0.717, 1.165) is 37.5 Å². The predicted molar refractivity (Wildman–Crippen MR) is 113 cm³/mol. The molecule has 2 rings (SSSR count). The van der Waals surface area contributed by atoms with Crippen LogP contribution in [-0.2, 0) is 0 Å². The molecule has 0 heterocycles. The highest BCUT2D eigenvalue weighted by Crippen LogP contribution is 2.21. The van der Waals surface area contributed by atoms with Gasteiger partial charge in [-0.2, -0.15) is 0 Å². The maximum absolute atomic E-state index is 13.8. The van der Waals surface area contributed by atoms with E-state index >= 15 is 0 Å². The second-order valence-electron chi connectivity index (χ2n) is 6.26. The van der Waals surface area contributed by atoms with Crippen LogP contribution in [-0.4, -0.2) is 22.5 Å². The Labute approximate surface area is 173 Å². The van der Waals surface area contributed by atoms with E-state index < -0.39 is 16.6 Å². The van der Waals surface area contributed by atoms with E-state index in [2.05, 4.69) is 17.6 Å². The average Bonchev–Trinajstić information content (AvgIpc) is 2.69. The molecule has 0 aliphatic heterocycles. The van der Waals surface area contributed by atoms with Crippen molar-refractivity contribution in [1.82, 2.24) is 5.32 Å². The molecule has 0 saturated heterocycles. The van der Waals surface area contributed by atoms with Gasteiger partial charge >= 0.3 is 0 Å². The minimum Gasteiger partial charge on any atom is -0.494 e. The molecule has 0 spiro atoms. The lowest BCUT2D eigenvalue weighted by Gasteiger charge is -2.11. The molecule has 0 aliphatic rings.